The number of likely N-dealkylation sites (N-methyl/N-ethyl adjacent to an activating group) is 2. The van der Waals surface area contributed by atoms with Crippen LogP contribution in [0.3, 0.4) is 0 Å². The number of para-hydroxylation sites is 1. The Morgan fingerprint density at radius 2 is 1.83 bits per heavy atom. The summed E-state index contributed by atoms with van der Waals surface area (Å²) in [4.78, 5) is 26.2. The van der Waals surface area contributed by atoms with Gasteiger partial charge in [-0.2, -0.15) is 0 Å². The lowest BCUT2D eigenvalue weighted by Gasteiger charge is -2.26. The molecular weight excluding hydrogens is 530 g/mol. The van der Waals surface area contributed by atoms with Crippen LogP contribution < -0.4 is 25.0 Å². The van der Waals surface area contributed by atoms with Crippen molar-refractivity contribution in [3.63, 3.8) is 0 Å². The van der Waals surface area contributed by atoms with Crippen molar-refractivity contribution in [1.82, 2.24) is 19.4 Å². The predicted molar refractivity (Wildman–Crippen MR) is 172 cm³/mol. The number of benzene rings is 2. The third kappa shape index (κ3) is 6.33. The molecule has 10 heteroatoms. The van der Waals surface area contributed by atoms with Crippen molar-refractivity contribution >= 4 is 39.8 Å². The molecule has 2 heterocycles. The number of fused-ring (bicyclic) bond motifs is 1. The standard InChI is InChI=1S/C32H41N7O3/c1-10-29(40)34-24-16-25(28(42-9)17-26(24)38(6)15-14-37(4)5)35-32-33-18-22(20(2)3)30(36-32)23-19-39(7)31-21(23)12-11-13-27(31)41-8/h10-13,16-20H,1,14-15H2,2-9H3,(H,34,40)(H,33,35,36). The van der Waals surface area contributed by atoms with E-state index in [1.807, 2.05) is 58.7 Å². The van der Waals surface area contributed by atoms with Gasteiger partial charge in [0.1, 0.15) is 11.5 Å². The van der Waals surface area contributed by atoms with Gasteiger partial charge in [-0.15, -0.1) is 0 Å². The Kier molecular flexibility index (Phi) is 9.37. The van der Waals surface area contributed by atoms with Crippen LogP contribution in [0.15, 0.2) is 55.4 Å². The van der Waals surface area contributed by atoms with Crippen molar-refractivity contribution in [2.45, 2.75) is 19.8 Å². The second kappa shape index (κ2) is 12.9. The van der Waals surface area contributed by atoms with Crippen molar-refractivity contribution in [3.8, 4) is 22.8 Å². The molecule has 0 saturated carbocycles. The van der Waals surface area contributed by atoms with E-state index in [4.69, 9.17) is 14.5 Å². The summed E-state index contributed by atoms with van der Waals surface area (Å²) in [5.41, 5.74) is 5.89. The SMILES string of the molecule is C=CC(=O)Nc1cc(Nc2ncc(C(C)C)c(-c3cn(C)c4c(OC)cccc34)n2)c(OC)cc1N(C)CCN(C)C. The molecule has 2 aromatic carbocycles. The van der Waals surface area contributed by atoms with Gasteiger partial charge < -0.3 is 34.5 Å². The molecule has 42 heavy (non-hydrogen) atoms. The quantitative estimate of drug-likeness (QED) is 0.211. The van der Waals surface area contributed by atoms with Gasteiger partial charge >= 0.3 is 0 Å². The minimum atomic E-state index is -0.306. The van der Waals surface area contributed by atoms with Crippen LogP contribution in [0, 0.1) is 0 Å². The monoisotopic (exact) mass is 571 g/mol. The first kappa shape index (κ1) is 30.4. The van der Waals surface area contributed by atoms with Crippen molar-refractivity contribution in [3.05, 3.63) is 60.9 Å². The lowest BCUT2D eigenvalue weighted by molar-refractivity contribution is -0.111. The summed E-state index contributed by atoms with van der Waals surface area (Å²) in [7, 11) is 11.3. The van der Waals surface area contributed by atoms with Gasteiger partial charge in [-0.05, 0) is 43.8 Å². The molecule has 0 unspecified atom stereocenters. The number of amides is 1. The molecule has 2 N–H and O–H groups in total. The molecule has 1 amide bonds. The highest BCUT2D eigenvalue weighted by atomic mass is 16.5. The topological polar surface area (TPSA) is 96.8 Å². The Balaban J connectivity index is 1.81. The number of carbonyl (C=O) groups is 1. The minimum absolute atomic E-state index is 0.196. The largest absolute Gasteiger partial charge is 0.495 e. The van der Waals surface area contributed by atoms with Crippen LogP contribution >= 0.6 is 0 Å². The summed E-state index contributed by atoms with van der Waals surface area (Å²) < 4.78 is 13.5. The smallest absolute Gasteiger partial charge is 0.247 e. The Hall–Kier alpha value is -4.57. The van der Waals surface area contributed by atoms with Gasteiger partial charge in [0, 0.05) is 56.6 Å². The van der Waals surface area contributed by atoms with Gasteiger partial charge in [-0.3, -0.25) is 4.79 Å². The molecule has 4 rings (SSSR count). The van der Waals surface area contributed by atoms with Gasteiger partial charge in [0.15, 0.2) is 0 Å². The lowest BCUT2D eigenvalue weighted by atomic mass is 9.98. The number of anilines is 4. The number of nitrogens with one attached hydrogen (secondary N) is 2. The maximum Gasteiger partial charge on any atom is 0.247 e. The predicted octanol–water partition coefficient (Wildman–Crippen LogP) is 5.64. The van der Waals surface area contributed by atoms with Crippen LogP contribution in [-0.2, 0) is 11.8 Å². The van der Waals surface area contributed by atoms with Crippen molar-refractivity contribution in [1.29, 1.82) is 0 Å². The van der Waals surface area contributed by atoms with E-state index in [0.717, 1.165) is 52.3 Å². The third-order valence-electron chi connectivity index (χ3n) is 7.18. The molecule has 0 bridgehead atoms. The van der Waals surface area contributed by atoms with E-state index >= 15 is 0 Å². The van der Waals surface area contributed by atoms with Crippen LogP contribution in [0.4, 0.5) is 23.0 Å². The Bertz CT molecular complexity index is 1590. The van der Waals surface area contributed by atoms with Gasteiger partial charge in [0.2, 0.25) is 11.9 Å². The minimum Gasteiger partial charge on any atom is -0.495 e. The molecule has 0 fully saturated rings. The van der Waals surface area contributed by atoms with Gasteiger partial charge in [-0.1, -0.05) is 32.6 Å². The number of hydrogen-bond acceptors (Lipinski definition) is 8. The fraction of sp³-hybridized carbons (Fsp3) is 0.344. The van der Waals surface area contributed by atoms with Crippen molar-refractivity contribution in [2.75, 3.05) is 64.0 Å². The van der Waals surface area contributed by atoms with E-state index in [1.54, 1.807) is 14.2 Å². The molecule has 0 atom stereocenters. The zero-order valence-electron chi connectivity index (χ0n) is 25.8. The zero-order valence-corrected chi connectivity index (χ0v) is 25.8. The zero-order chi connectivity index (χ0) is 30.6. The number of methoxy groups -OCH3 is 2. The molecular formula is C32H41N7O3. The number of aromatic nitrogens is 3. The maximum absolute atomic E-state index is 12.4. The lowest BCUT2D eigenvalue weighted by Crippen LogP contribution is -2.29. The Morgan fingerprint density at radius 1 is 1.10 bits per heavy atom. The van der Waals surface area contributed by atoms with Crippen LogP contribution in [0.2, 0.25) is 0 Å². The first-order chi connectivity index (χ1) is 20.1. The number of rotatable bonds is 12. The molecule has 2 aromatic heterocycles. The molecule has 0 radical (unpaired) electrons. The second-order valence-electron chi connectivity index (χ2n) is 10.8. The summed E-state index contributed by atoms with van der Waals surface area (Å²) in [6.45, 7) is 9.45. The summed E-state index contributed by atoms with van der Waals surface area (Å²) in [5, 5.41) is 7.32. The number of ether oxygens (including phenoxy) is 2. The molecule has 222 valence electrons. The molecule has 0 aliphatic rings. The second-order valence-corrected chi connectivity index (χ2v) is 10.8. The van der Waals surface area contributed by atoms with Gasteiger partial charge in [-0.25, -0.2) is 9.97 Å². The molecule has 4 aromatic rings. The Labute approximate surface area is 248 Å². The van der Waals surface area contributed by atoms with E-state index in [0.29, 0.717) is 23.1 Å². The molecule has 0 saturated heterocycles. The van der Waals surface area contributed by atoms with Gasteiger partial charge in [0.25, 0.3) is 0 Å². The first-order valence-electron chi connectivity index (χ1n) is 13.9. The van der Waals surface area contributed by atoms with Gasteiger partial charge in [0.05, 0.1) is 42.5 Å². The fourth-order valence-corrected chi connectivity index (χ4v) is 4.90. The normalized spacial score (nSPS) is 11.2. The van der Waals surface area contributed by atoms with Crippen LogP contribution in [0.25, 0.3) is 22.2 Å². The number of nitrogens with zero attached hydrogens (tertiary/aromatic N) is 5. The highest BCUT2D eigenvalue weighted by molar-refractivity contribution is 6.02. The van der Waals surface area contributed by atoms with Crippen molar-refractivity contribution < 1.29 is 14.3 Å². The summed E-state index contributed by atoms with van der Waals surface area (Å²) >= 11 is 0. The van der Waals surface area contributed by atoms with Crippen molar-refractivity contribution in [2.24, 2.45) is 7.05 Å². The summed E-state index contributed by atoms with van der Waals surface area (Å²) in [5.74, 6) is 1.68. The number of aryl methyl sites for hydroxylation is 1. The van der Waals surface area contributed by atoms with Crippen LogP contribution in [0.5, 0.6) is 11.5 Å². The van der Waals surface area contributed by atoms with E-state index in [1.165, 1.54) is 6.08 Å². The third-order valence-corrected chi connectivity index (χ3v) is 7.18. The summed E-state index contributed by atoms with van der Waals surface area (Å²) in [6.07, 6.45) is 5.19. The van der Waals surface area contributed by atoms with E-state index in [-0.39, 0.29) is 11.8 Å². The van der Waals surface area contributed by atoms with Crippen LogP contribution in [-0.4, -0.2) is 73.8 Å². The van der Waals surface area contributed by atoms with E-state index in [2.05, 4.69) is 62.7 Å². The number of carbonyl (C=O) groups excluding carboxylic acids is 1. The summed E-state index contributed by atoms with van der Waals surface area (Å²) in [6, 6.07) is 9.76. The first-order valence-corrected chi connectivity index (χ1v) is 13.9. The highest BCUT2D eigenvalue weighted by Crippen LogP contribution is 2.40. The van der Waals surface area contributed by atoms with E-state index < -0.39 is 0 Å². The highest BCUT2D eigenvalue weighted by Gasteiger charge is 2.21. The van der Waals surface area contributed by atoms with E-state index in [9.17, 15) is 4.79 Å². The molecule has 10 nitrogen and oxygen atoms in total. The molecule has 0 aliphatic carbocycles. The average Bonchev–Trinajstić information content (AvgIpc) is 3.32. The molecule has 0 spiro atoms. The van der Waals surface area contributed by atoms with Crippen LogP contribution in [0.1, 0.15) is 25.3 Å². The number of hydrogen-bond donors (Lipinski definition) is 2. The average molecular weight is 572 g/mol. The molecule has 0 aliphatic heterocycles. The fourth-order valence-electron chi connectivity index (χ4n) is 4.90. The Morgan fingerprint density at radius 3 is 2.48 bits per heavy atom. The maximum atomic E-state index is 12.4.